The average molecular weight is 292 g/mol. The number of methoxy groups -OCH3 is 1. The fourth-order valence-corrected chi connectivity index (χ4v) is 3.18. The maximum Gasteiger partial charge on any atom is 0.120 e. The molecule has 1 aromatic carbocycles. The van der Waals surface area contributed by atoms with Crippen LogP contribution in [0.25, 0.3) is 0 Å². The van der Waals surface area contributed by atoms with Crippen molar-refractivity contribution in [3.63, 3.8) is 0 Å². The Balaban J connectivity index is 2.43. The van der Waals surface area contributed by atoms with Gasteiger partial charge in [0.15, 0.2) is 0 Å². The Morgan fingerprint density at radius 1 is 1.40 bits per heavy atom. The summed E-state index contributed by atoms with van der Waals surface area (Å²) in [5.74, 6) is 0.860. The van der Waals surface area contributed by atoms with Gasteiger partial charge < -0.3 is 15.4 Å². The van der Waals surface area contributed by atoms with Crippen LogP contribution in [0.1, 0.15) is 44.6 Å². The van der Waals surface area contributed by atoms with Gasteiger partial charge in [-0.05, 0) is 31.4 Å². The van der Waals surface area contributed by atoms with E-state index < -0.39 is 0 Å². The van der Waals surface area contributed by atoms with Crippen molar-refractivity contribution in [2.45, 2.75) is 45.1 Å². The number of ether oxygens (including phenoxy) is 1. The number of benzene rings is 1. The molecule has 1 heterocycles. The zero-order valence-electron chi connectivity index (χ0n) is 12.4. The van der Waals surface area contributed by atoms with Gasteiger partial charge in [-0.15, -0.1) is 0 Å². The molecule has 1 aliphatic heterocycles. The van der Waals surface area contributed by atoms with E-state index in [1.165, 1.54) is 25.7 Å². The number of nitrogens with zero attached hydrogens (tertiary/aromatic N) is 1. The van der Waals surface area contributed by atoms with E-state index in [2.05, 4.69) is 17.9 Å². The Morgan fingerprint density at radius 2 is 2.20 bits per heavy atom. The summed E-state index contributed by atoms with van der Waals surface area (Å²) in [6, 6.07) is 6.55. The minimum atomic E-state index is 0.460. The first kappa shape index (κ1) is 15.1. The fourth-order valence-electron chi connectivity index (χ4n) is 3.00. The highest BCUT2D eigenvalue weighted by atomic mass is 32.1. The number of anilines is 1. The van der Waals surface area contributed by atoms with Crippen molar-refractivity contribution in [2.75, 3.05) is 18.6 Å². The quantitative estimate of drug-likeness (QED) is 0.862. The Hall–Kier alpha value is -1.29. The summed E-state index contributed by atoms with van der Waals surface area (Å²) >= 11 is 5.22. The molecular weight excluding hydrogens is 268 g/mol. The predicted octanol–water partition coefficient (Wildman–Crippen LogP) is 3.49. The smallest absolute Gasteiger partial charge is 0.120 e. The Bertz CT molecular complexity index is 476. The second kappa shape index (κ2) is 6.93. The lowest BCUT2D eigenvalue weighted by Crippen LogP contribution is -2.35. The summed E-state index contributed by atoms with van der Waals surface area (Å²) in [7, 11) is 1.69. The van der Waals surface area contributed by atoms with Gasteiger partial charge in [0.2, 0.25) is 0 Å². The lowest BCUT2D eigenvalue weighted by Gasteiger charge is -2.33. The molecule has 4 heteroatoms. The van der Waals surface area contributed by atoms with Crippen LogP contribution in [0.5, 0.6) is 5.75 Å². The van der Waals surface area contributed by atoms with Gasteiger partial charge in [0.05, 0.1) is 12.8 Å². The molecule has 110 valence electrons. The number of nitrogens with two attached hydrogens (primary N) is 1. The van der Waals surface area contributed by atoms with Crippen LogP contribution in [-0.2, 0) is 0 Å². The van der Waals surface area contributed by atoms with Crippen LogP contribution in [0.4, 0.5) is 5.69 Å². The van der Waals surface area contributed by atoms with Crippen LogP contribution >= 0.6 is 12.2 Å². The van der Waals surface area contributed by atoms with E-state index in [4.69, 9.17) is 22.7 Å². The molecule has 0 aromatic heterocycles. The molecular formula is C16H24N2OS. The molecule has 1 fully saturated rings. The lowest BCUT2D eigenvalue weighted by atomic mass is 10.0. The van der Waals surface area contributed by atoms with Crippen molar-refractivity contribution in [1.82, 2.24) is 0 Å². The van der Waals surface area contributed by atoms with Crippen LogP contribution in [0, 0.1) is 0 Å². The van der Waals surface area contributed by atoms with Crippen molar-refractivity contribution in [3.05, 3.63) is 23.8 Å². The van der Waals surface area contributed by atoms with Gasteiger partial charge in [0.1, 0.15) is 10.7 Å². The van der Waals surface area contributed by atoms with Crippen molar-refractivity contribution >= 4 is 22.9 Å². The van der Waals surface area contributed by atoms with Crippen LogP contribution in [0.15, 0.2) is 18.2 Å². The Kier molecular flexibility index (Phi) is 5.24. The summed E-state index contributed by atoms with van der Waals surface area (Å²) in [5, 5.41) is 0. The highest BCUT2D eigenvalue weighted by Crippen LogP contribution is 2.31. The molecule has 0 amide bonds. The molecule has 1 unspecified atom stereocenters. The topological polar surface area (TPSA) is 38.5 Å². The third-order valence-electron chi connectivity index (χ3n) is 4.13. The van der Waals surface area contributed by atoms with Crippen LogP contribution in [-0.4, -0.2) is 24.7 Å². The van der Waals surface area contributed by atoms with E-state index in [1.807, 2.05) is 12.1 Å². The molecule has 0 spiro atoms. The maximum atomic E-state index is 5.90. The first-order valence-corrected chi connectivity index (χ1v) is 7.82. The molecule has 2 N–H and O–H groups in total. The molecule has 3 nitrogen and oxygen atoms in total. The van der Waals surface area contributed by atoms with E-state index in [-0.39, 0.29) is 0 Å². The number of hydrogen-bond acceptors (Lipinski definition) is 3. The van der Waals surface area contributed by atoms with Gasteiger partial charge in [-0.25, -0.2) is 0 Å². The fraction of sp³-hybridized carbons (Fsp3) is 0.562. The van der Waals surface area contributed by atoms with Gasteiger partial charge in [-0.1, -0.05) is 32.0 Å². The minimum Gasteiger partial charge on any atom is -0.497 e. The second-order valence-corrected chi connectivity index (χ2v) is 5.79. The Morgan fingerprint density at radius 3 is 2.85 bits per heavy atom. The molecule has 20 heavy (non-hydrogen) atoms. The summed E-state index contributed by atoms with van der Waals surface area (Å²) in [6.45, 7) is 3.32. The van der Waals surface area contributed by atoms with Gasteiger partial charge in [0, 0.05) is 24.2 Å². The lowest BCUT2D eigenvalue weighted by molar-refractivity contribution is 0.414. The van der Waals surface area contributed by atoms with Gasteiger partial charge in [0.25, 0.3) is 0 Å². The molecule has 1 aliphatic rings. The third-order valence-corrected chi connectivity index (χ3v) is 4.35. The van der Waals surface area contributed by atoms with Gasteiger partial charge in [-0.3, -0.25) is 0 Å². The van der Waals surface area contributed by atoms with E-state index in [9.17, 15) is 0 Å². The van der Waals surface area contributed by atoms with E-state index in [0.29, 0.717) is 11.0 Å². The van der Waals surface area contributed by atoms with Crippen molar-refractivity contribution < 1.29 is 4.74 Å². The van der Waals surface area contributed by atoms with E-state index in [0.717, 1.165) is 30.0 Å². The average Bonchev–Trinajstić information content (AvgIpc) is 2.71. The molecule has 1 atom stereocenters. The molecule has 1 saturated heterocycles. The largest absolute Gasteiger partial charge is 0.497 e. The zero-order chi connectivity index (χ0) is 14.5. The van der Waals surface area contributed by atoms with Crippen molar-refractivity contribution in [3.8, 4) is 5.75 Å². The van der Waals surface area contributed by atoms with Crippen molar-refractivity contribution in [2.24, 2.45) is 5.73 Å². The molecule has 0 radical (unpaired) electrons. The monoisotopic (exact) mass is 292 g/mol. The number of hydrogen-bond donors (Lipinski definition) is 1. The minimum absolute atomic E-state index is 0.460. The first-order chi connectivity index (χ1) is 9.67. The summed E-state index contributed by atoms with van der Waals surface area (Å²) in [6.07, 6.45) is 6.23. The molecule has 2 rings (SSSR count). The van der Waals surface area contributed by atoms with Gasteiger partial charge >= 0.3 is 0 Å². The van der Waals surface area contributed by atoms with E-state index in [1.54, 1.807) is 7.11 Å². The standard InChI is InChI=1S/C16H24N2OS/c1-3-12-7-5-4-6-10-18(12)15-11-13(19-2)8-9-14(15)16(17)20/h8-9,11-12H,3-7,10H2,1-2H3,(H2,17,20). The number of thiocarbonyl (C=S) groups is 1. The maximum absolute atomic E-state index is 5.90. The highest BCUT2D eigenvalue weighted by Gasteiger charge is 2.23. The summed E-state index contributed by atoms with van der Waals surface area (Å²) in [5.41, 5.74) is 7.99. The Labute approximate surface area is 127 Å². The van der Waals surface area contributed by atoms with Crippen molar-refractivity contribution in [1.29, 1.82) is 0 Å². The predicted molar refractivity (Wildman–Crippen MR) is 88.8 cm³/mol. The van der Waals surface area contributed by atoms with Crippen LogP contribution in [0.3, 0.4) is 0 Å². The van der Waals surface area contributed by atoms with Crippen LogP contribution < -0.4 is 15.4 Å². The molecule has 0 bridgehead atoms. The summed E-state index contributed by atoms with van der Waals surface area (Å²) in [4.78, 5) is 2.94. The summed E-state index contributed by atoms with van der Waals surface area (Å²) < 4.78 is 5.37. The highest BCUT2D eigenvalue weighted by molar-refractivity contribution is 7.80. The molecule has 1 aromatic rings. The van der Waals surface area contributed by atoms with Gasteiger partial charge in [-0.2, -0.15) is 0 Å². The third kappa shape index (κ3) is 3.23. The first-order valence-electron chi connectivity index (χ1n) is 7.41. The molecule has 0 saturated carbocycles. The van der Waals surface area contributed by atoms with Crippen LogP contribution in [0.2, 0.25) is 0 Å². The normalized spacial score (nSPS) is 19.5. The van der Waals surface area contributed by atoms with E-state index >= 15 is 0 Å². The zero-order valence-corrected chi connectivity index (χ0v) is 13.2. The number of rotatable bonds is 4. The SMILES string of the molecule is CCC1CCCCCN1c1cc(OC)ccc1C(N)=S. The second-order valence-electron chi connectivity index (χ2n) is 5.35. The molecule has 0 aliphatic carbocycles.